The molecule has 0 saturated heterocycles. The number of fused-ring (bicyclic) bond motifs is 1. The van der Waals surface area contributed by atoms with Crippen molar-refractivity contribution in [1.29, 1.82) is 0 Å². The van der Waals surface area contributed by atoms with Crippen molar-refractivity contribution >= 4 is 35.0 Å². The molecule has 2 aromatic carbocycles. The van der Waals surface area contributed by atoms with Crippen molar-refractivity contribution in [3.8, 4) is 17.2 Å². The first-order chi connectivity index (χ1) is 14.5. The summed E-state index contributed by atoms with van der Waals surface area (Å²) in [6.07, 6.45) is 1.64. The summed E-state index contributed by atoms with van der Waals surface area (Å²) in [4.78, 5) is 22.1. The lowest BCUT2D eigenvalue weighted by Crippen LogP contribution is -2.37. The summed E-state index contributed by atoms with van der Waals surface area (Å²) < 4.78 is 16.4. The zero-order valence-electron chi connectivity index (χ0n) is 16.5. The van der Waals surface area contributed by atoms with E-state index >= 15 is 0 Å². The summed E-state index contributed by atoms with van der Waals surface area (Å²) in [6, 6.07) is 10.5. The number of amides is 2. The van der Waals surface area contributed by atoms with Crippen LogP contribution in [0.25, 0.3) is 5.70 Å². The highest BCUT2D eigenvalue weighted by Gasteiger charge is 2.34. The second kappa shape index (κ2) is 8.08. The highest BCUT2D eigenvalue weighted by molar-refractivity contribution is 6.49. The maximum atomic E-state index is 11.8. The van der Waals surface area contributed by atoms with Crippen molar-refractivity contribution in [3.05, 3.63) is 58.7 Å². The van der Waals surface area contributed by atoms with E-state index in [4.69, 9.17) is 25.8 Å². The Morgan fingerprint density at radius 3 is 2.40 bits per heavy atom. The van der Waals surface area contributed by atoms with Crippen LogP contribution in [0.1, 0.15) is 11.1 Å². The standard InChI is InChI=1S/C21H18ClN4O4/c1-28-16-8-13(9-17(29-2)18(16)30-3)15-10-23-19-20(25-21(27)24-19)26(15)11-12-5-4-6-14(22)7-12/h4-10H,11H2,1-3H3. The Morgan fingerprint density at radius 2 is 1.77 bits per heavy atom. The fraction of sp³-hybridized carbons (Fsp3) is 0.190. The summed E-state index contributed by atoms with van der Waals surface area (Å²) >= 11 is 6.16. The van der Waals surface area contributed by atoms with Crippen LogP contribution in [0.5, 0.6) is 17.2 Å². The predicted molar refractivity (Wildman–Crippen MR) is 113 cm³/mol. The number of halogens is 1. The van der Waals surface area contributed by atoms with Crippen LogP contribution >= 0.6 is 11.6 Å². The van der Waals surface area contributed by atoms with Gasteiger partial charge >= 0.3 is 6.03 Å². The molecule has 0 N–H and O–H groups in total. The van der Waals surface area contributed by atoms with Crippen molar-refractivity contribution in [2.45, 2.75) is 6.54 Å². The average Bonchev–Trinajstić information content (AvgIpc) is 3.13. The number of nitrogens with zero attached hydrogens (tertiary/aromatic N) is 4. The number of hydrogen-bond acceptors (Lipinski definition) is 6. The highest BCUT2D eigenvalue weighted by atomic mass is 35.5. The molecule has 2 aliphatic rings. The lowest BCUT2D eigenvalue weighted by atomic mass is 10.1. The van der Waals surface area contributed by atoms with Crippen LogP contribution in [0, 0.1) is 0 Å². The Labute approximate surface area is 178 Å². The van der Waals surface area contributed by atoms with Gasteiger partial charge in [0.2, 0.25) is 11.6 Å². The molecule has 0 fully saturated rings. The van der Waals surface area contributed by atoms with Gasteiger partial charge in [-0.05, 0) is 29.8 Å². The normalized spacial score (nSPS) is 15.0. The SMILES string of the molecule is COc1cc(C2=CN=C3[N]C(=O)N=C3N2Cc2cccc(Cl)c2)cc(OC)c1OC. The Balaban J connectivity index is 1.82. The third kappa shape index (κ3) is 3.57. The van der Waals surface area contributed by atoms with E-state index in [-0.39, 0.29) is 5.84 Å². The molecule has 1 radical (unpaired) electrons. The van der Waals surface area contributed by atoms with Crippen LogP contribution in [0.2, 0.25) is 5.02 Å². The molecule has 4 rings (SSSR count). The number of aliphatic imine (C=N–C) groups is 2. The highest BCUT2D eigenvalue weighted by Crippen LogP contribution is 2.41. The minimum absolute atomic E-state index is 0.276. The number of ether oxygens (including phenoxy) is 3. The van der Waals surface area contributed by atoms with E-state index in [1.807, 2.05) is 35.2 Å². The predicted octanol–water partition coefficient (Wildman–Crippen LogP) is 3.72. The lowest BCUT2D eigenvalue weighted by Gasteiger charge is -2.29. The van der Waals surface area contributed by atoms with Crippen molar-refractivity contribution in [3.63, 3.8) is 0 Å². The largest absolute Gasteiger partial charge is 0.493 e. The van der Waals surface area contributed by atoms with E-state index < -0.39 is 6.03 Å². The third-order valence-corrected chi connectivity index (χ3v) is 4.88. The molecule has 0 aliphatic carbocycles. The molecule has 2 aliphatic heterocycles. The van der Waals surface area contributed by atoms with Gasteiger partial charge in [0, 0.05) is 17.1 Å². The molecule has 2 heterocycles. The summed E-state index contributed by atoms with van der Waals surface area (Å²) in [5.74, 6) is 2.14. The molecule has 9 heteroatoms. The molecular formula is C21H18ClN4O4. The summed E-state index contributed by atoms with van der Waals surface area (Å²) in [6.45, 7) is 0.406. The third-order valence-electron chi connectivity index (χ3n) is 4.65. The van der Waals surface area contributed by atoms with E-state index in [0.29, 0.717) is 40.3 Å². The van der Waals surface area contributed by atoms with Crippen molar-refractivity contribution in [2.75, 3.05) is 21.3 Å². The molecule has 2 amide bonds. The summed E-state index contributed by atoms with van der Waals surface area (Å²) in [5.41, 5.74) is 2.38. The number of rotatable bonds is 6. The van der Waals surface area contributed by atoms with Gasteiger partial charge in [0.15, 0.2) is 17.3 Å². The number of methoxy groups -OCH3 is 3. The quantitative estimate of drug-likeness (QED) is 0.704. The minimum Gasteiger partial charge on any atom is -0.493 e. The molecule has 153 valence electrons. The molecule has 0 saturated carbocycles. The van der Waals surface area contributed by atoms with E-state index in [1.54, 1.807) is 33.6 Å². The van der Waals surface area contributed by atoms with Crippen LogP contribution in [0.3, 0.4) is 0 Å². The van der Waals surface area contributed by atoms with Crippen molar-refractivity contribution < 1.29 is 19.0 Å². The van der Waals surface area contributed by atoms with Gasteiger partial charge in [0.1, 0.15) is 0 Å². The number of carbonyl (C=O) groups is 1. The molecular weight excluding hydrogens is 408 g/mol. The molecule has 0 spiro atoms. The Hall–Kier alpha value is -3.52. The molecule has 0 bridgehead atoms. The van der Waals surface area contributed by atoms with Gasteiger partial charge in [-0.1, -0.05) is 23.7 Å². The topological polar surface area (TPSA) is 86.8 Å². The second-order valence-corrected chi connectivity index (χ2v) is 6.86. The number of hydrogen-bond donors (Lipinski definition) is 0. The zero-order valence-corrected chi connectivity index (χ0v) is 17.3. The number of benzene rings is 2. The minimum atomic E-state index is -0.584. The smallest absolute Gasteiger partial charge is 0.371 e. The summed E-state index contributed by atoms with van der Waals surface area (Å²) in [5, 5.41) is 4.49. The molecule has 0 unspecified atom stereocenters. The van der Waals surface area contributed by atoms with E-state index in [2.05, 4.69) is 15.3 Å². The Kier molecular flexibility index (Phi) is 5.33. The number of carbonyl (C=O) groups excluding carboxylic acids is 1. The van der Waals surface area contributed by atoms with Gasteiger partial charge in [-0.3, -0.25) is 0 Å². The van der Waals surface area contributed by atoms with E-state index in [1.165, 1.54) is 0 Å². The molecule has 0 aromatic heterocycles. The van der Waals surface area contributed by atoms with E-state index in [0.717, 1.165) is 11.1 Å². The Morgan fingerprint density at radius 1 is 1.03 bits per heavy atom. The maximum absolute atomic E-state index is 11.8. The van der Waals surface area contributed by atoms with Crippen LogP contribution < -0.4 is 19.5 Å². The second-order valence-electron chi connectivity index (χ2n) is 6.43. The van der Waals surface area contributed by atoms with Crippen LogP contribution in [-0.4, -0.2) is 43.9 Å². The molecule has 30 heavy (non-hydrogen) atoms. The Bertz CT molecular complexity index is 1080. The monoisotopic (exact) mass is 425 g/mol. The molecule has 0 atom stereocenters. The van der Waals surface area contributed by atoms with Gasteiger partial charge in [-0.15, -0.1) is 0 Å². The van der Waals surface area contributed by atoms with E-state index in [9.17, 15) is 4.79 Å². The molecule has 8 nitrogen and oxygen atoms in total. The summed E-state index contributed by atoms with van der Waals surface area (Å²) in [7, 11) is 4.64. The van der Waals surface area contributed by atoms with Gasteiger partial charge in [-0.25, -0.2) is 9.79 Å². The fourth-order valence-electron chi connectivity index (χ4n) is 3.32. The average molecular weight is 426 g/mol. The first-order valence-corrected chi connectivity index (χ1v) is 9.37. The van der Waals surface area contributed by atoms with Gasteiger partial charge in [0.05, 0.1) is 33.2 Å². The first-order valence-electron chi connectivity index (χ1n) is 8.99. The van der Waals surface area contributed by atoms with Gasteiger partial charge in [-0.2, -0.15) is 10.3 Å². The van der Waals surface area contributed by atoms with Crippen molar-refractivity contribution in [1.82, 2.24) is 10.2 Å². The molecule has 2 aromatic rings. The first kappa shape index (κ1) is 19.8. The van der Waals surface area contributed by atoms with Gasteiger partial charge < -0.3 is 19.1 Å². The van der Waals surface area contributed by atoms with Crippen LogP contribution in [0.4, 0.5) is 4.79 Å². The van der Waals surface area contributed by atoms with Gasteiger partial charge in [0.25, 0.3) is 0 Å². The number of amidine groups is 2. The number of urea groups is 1. The lowest BCUT2D eigenvalue weighted by molar-refractivity contribution is 0.253. The zero-order chi connectivity index (χ0) is 21.3. The maximum Gasteiger partial charge on any atom is 0.371 e. The fourth-order valence-corrected chi connectivity index (χ4v) is 3.53. The van der Waals surface area contributed by atoms with Crippen LogP contribution in [-0.2, 0) is 6.54 Å². The van der Waals surface area contributed by atoms with Crippen LogP contribution in [0.15, 0.2) is 52.6 Å². The van der Waals surface area contributed by atoms with Crippen molar-refractivity contribution in [2.24, 2.45) is 9.98 Å².